The van der Waals surface area contributed by atoms with Gasteiger partial charge in [0.2, 0.25) is 0 Å². The Bertz CT molecular complexity index is 494. The summed E-state index contributed by atoms with van der Waals surface area (Å²) < 4.78 is 18.7. The summed E-state index contributed by atoms with van der Waals surface area (Å²) in [6, 6.07) is 2.22. The van der Waals surface area contributed by atoms with Gasteiger partial charge in [0, 0.05) is 6.54 Å². The number of hydrogen-bond donors (Lipinski definition) is 1. The quantitative estimate of drug-likeness (QED) is 0.359. The molecule has 1 aromatic carbocycles. The molecule has 1 rings (SSSR count). The Morgan fingerprint density at radius 1 is 1.63 bits per heavy atom. The minimum absolute atomic E-state index is 0.170. The van der Waals surface area contributed by atoms with E-state index in [0.29, 0.717) is 19.8 Å². The molecule has 0 heterocycles. The lowest BCUT2D eigenvalue weighted by atomic mass is 10.2. The highest BCUT2D eigenvalue weighted by Crippen LogP contribution is 2.30. The molecular formula is C12H14BrFN2O3. The third-order valence-electron chi connectivity index (χ3n) is 2.15. The summed E-state index contributed by atoms with van der Waals surface area (Å²) in [5, 5.41) is 13.6. The van der Waals surface area contributed by atoms with Gasteiger partial charge in [0.25, 0.3) is 5.69 Å². The van der Waals surface area contributed by atoms with Gasteiger partial charge in [-0.3, -0.25) is 10.1 Å². The molecule has 0 spiro atoms. The first-order valence-corrected chi connectivity index (χ1v) is 6.30. The van der Waals surface area contributed by atoms with Crippen LogP contribution in [0.3, 0.4) is 0 Å². The van der Waals surface area contributed by atoms with Gasteiger partial charge >= 0.3 is 0 Å². The highest BCUT2D eigenvalue weighted by atomic mass is 79.9. The Morgan fingerprint density at radius 2 is 2.32 bits per heavy atom. The molecule has 104 valence electrons. The lowest BCUT2D eigenvalue weighted by Gasteiger charge is -2.08. The molecule has 0 unspecified atom stereocenters. The summed E-state index contributed by atoms with van der Waals surface area (Å²) in [5.41, 5.74) is 0.841. The number of hydrogen-bond acceptors (Lipinski definition) is 4. The SMILES string of the molecule is C=C(C)COCCNc1cc(Br)c(F)cc1[N+](=O)[O-]. The van der Waals surface area contributed by atoms with Crippen LogP contribution >= 0.6 is 15.9 Å². The lowest BCUT2D eigenvalue weighted by Crippen LogP contribution is -2.11. The van der Waals surface area contributed by atoms with Crippen molar-refractivity contribution in [2.75, 3.05) is 25.1 Å². The molecule has 0 radical (unpaired) electrons. The van der Waals surface area contributed by atoms with Crippen LogP contribution < -0.4 is 5.32 Å². The Labute approximate surface area is 118 Å². The van der Waals surface area contributed by atoms with Crippen LogP contribution in [0.4, 0.5) is 15.8 Å². The molecule has 0 aliphatic carbocycles. The molecule has 0 aromatic heterocycles. The average Bonchev–Trinajstić information content (AvgIpc) is 2.32. The zero-order valence-corrected chi connectivity index (χ0v) is 12.0. The van der Waals surface area contributed by atoms with Crippen molar-refractivity contribution in [3.63, 3.8) is 0 Å². The first kappa shape index (κ1) is 15.6. The number of nitro benzene ring substituents is 1. The minimum atomic E-state index is -0.671. The van der Waals surface area contributed by atoms with Crippen molar-refractivity contribution < 1.29 is 14.1 Å². The minimum Gasteiger partial charge on any atom is -0.377 e. The van der Waals surface area contributed by atoms with Gasteiger partial charge in [0.1, 0.15) is 11.5 Å². The Balaban J connectivity index is 2.64. The molecule has 0 atom stereocenters. The van der Waals surface area contributed by atoms with Gasteiger partial charge in [-0.05, 0) is 28.9 Å². The number of rotatable bonds is 7. The maximum absolute atomic E-state index is 13.2. The van der Waals surface area contributed by atoms with E-state index in [1.807, 2.05) is 6.92 Å². The van der Waals surface area contributed by atoms with E-state index >= 15 is 0 Å². The largest absolute Gasteiger partial charge is 0.377 e. The number of nitrogens with one attached hydrogen (secondary N) is 1. The van der Waals surface area contributed by atoms with Crippen molar-refractivity contribution in [3.05, 3.63) is 44.7 Å². The number of halogens is 2. The van der Waals surface area contributed by atoms with E-state index in [-0.39, 0.29) is 15.8 Å². The van der Waals surface area contributed by atoms with Crippen LogP contribution in [0.25, 0.3) is 0 Å². The van der Waals surface area contributed by atoms with Crippen molar-refractivity contribution in [1.82, 2.24) is 0 Å². The van der Waals surface area contributed by atoms with E-state index in [0.717, 1.165) is 11.6 Å². The molecule has 1 aromatic rings. The summed E-state index contributed by atoms with van der Waals surface area (Å²) >= 11 is 2.99. The Morgan fingerprint density at radius 3 is 2.89 bits per heavy atom. The predicted molar refractivity (Wildman–Crippen MR) is 74.9 cm³/mol. The number of nitrogens with zero attached hydrogens (tertiary/aromatic N) is 1. The van der Waals surface area contributed by atoms with E-state index in [1.165, 1.54) is 6.07 Å². The normalized spacial score (nSPS) is 10.3. The molecule has 0 bridgehead atoms. The van der Waals surface area contributed by atoms with Crippen LogP contribution in [0.5, 0.6) is 0 Å². The molecule has 1 N–H and O–H groups in total. The zero-order valence-electron chi connectivity index (χ0n) is 10.4. The van der Waals surface area contributed by atoms with Crippen LogP contribution in [-0.4, -0.2) is 24.7 Å². The molecule has 5 nitrogen and oxygen atoms in total. The topological polar surface area (TPSA) is 64.4 Å². The number of anilines is 1. The van der Waals surface area contributed by atoms with Crippen molar-refractivity contribution >= 4 is 27.3 Å². The molecule has 0 fully saturated rings. The predicted octanol–water partition coefficient (Wildman–Crippen LogP) is 3.50. The van der Waals surface area contributed by atoms with E-state index in [1.54, 1.807) is 0 Å². The fraction of sp³-hybridized carbons (Fsp3) is 0.333. The van der Waals surface area contributed by atoms with Crippen molar-refractivity contribution in [2.45, 2.75) is 6.92 Å². The molecule has 0 aliphatic rings. The molecule has 0 saturated heterocycles. The fourth-order valence-electron chi connectivity index (χ4n) is 1.33. The summed E-state index contributed by atoms with van der Waals surface area (Å²) in [5.74, 6) is -0.671. The Hall–Kier alpha value is -1.47. The number of benzene rings is 1. The van der Waals surface area contributed by atoms with Gasteiger partial charge in [-0.25, -0.2) is 4.39 Å². The second kappa shape index (κ2) is 7.20. The van der Waals surface area contributed by atoms with Crippen LogP contribution in [0.15, 0.2) is 28.8 Å². The third-order valence-corrected chi connectivity index (χ3v) is 2.75. The maximum Gasteiger partial charge on any atom is 0.295 e. The van der Waals surface area contributed by atoms with E-state index in [9.17, 15) is 14.5 Å². The van der Waals surface area contributed by atoms with Crippen molar-refractivity contribution in [3.8, 4) is 0 Å². The van der Waals surface area contributed by atoms with Crippen LogP contribution in [0.2, 0.25) is 0 Å². The first-order valence-electron chi connectivity index (χ1n) is 5.51. The van der Waals surface area contributed by atoms with Crippen LogP contribution in [0, 0.1) is 15.9 Å². The monoisotopic (exact) mass is 332 g/mol. The highest BCUT2D eigenvalue weighted by Gasteiger charge is 2.17. The smallest absolute Gasteiger partial charge is 0.295 e. The van der Waals surface area contributed by atoms with Crippen LogP contribution in [0.1, 0.15) is 6.92 Å². The average molecular weight is 333 g/mol. The summed E-state index contributed by atoms with van der Waals surface area (Å²) in [6.07, 6.45) is 0. The lowest BCUT2D eigenvalue weighted by molar-refractivity contribution is -0.384. The first-order chi connectivity index (χ1) is 8.91. The van der Waals surface area contributed by atoms with Crippen molar-refractivity contribution in [1.29, 1.82) is 0 Å². The van der Waals surface area contributed by atoms with Crippen LogP contribution in [-0.2, 0) is 4.74 Å². The van der Waals surface area contributed by atoms with Crippen molar-refractivity contribution in [2.24, 2.45) is 0 Å². The van der Waals surface area contributed by atoms with Gasteiger partial charge < -0.3 is 10.1 Å². The third kappa shape index (κ3) is 4.96. The summed E-state index contributed by atoms with van der Waals surface area (Å²) in [4.78, 5) is 10.2. The zero-order chi connectivity index (χ0) is 14.4. The Kier molecular flexibility index (Phi) is 5.91. The standard InChI is InChI=1S/C12H14BrFN2O3/c1-8(2)7-19-4-3-15-11-5-9(13)10(14)6-12(11)16(17)18/h5-6,15H,1,3-4,7H2,2H3. The number of ether oxygens (including phenoxy) is 1. The molecule has 19 heavy (non-hydrogen) atoms. The van der Waals surface area contributed by atoms with Gasteiger partial charge in [-0.1, -0.05) is 12.2 Å². The van der Waals surface area contributed by atoms with Gasteiger partial charge in [-0.15, -0.1) is 0 Å². The molecule has 0 aliphatic heterocycles. The second-order valence-electron chi connectivity index (χ2n) is 3.98. The second-order valence-corrected chi connectivity index (χ2v) is 4.83. The number of nitro groups is 1. The fourth-order valence-corrected chi connectivity index (χ4v) is 1.68. The summed E-state index contributed by atoms with van der Waals surface area (Å²) in [7, 11) is 0. The highest BCUT2D eigenvalue weighted by molar-refractivity contribution is 9.10. The van der Waals surface area contributed by atoms with Gasteiger partial charge in [-0.2, -0.15) is 0 Å². The van der Waals surface area contributed by atoms with E-state index in [2.05, 4.69) is 27.8 Å². The summed E-state index contributed by atoms with van der Waals surface area (Å²) in [6.45, 7) is 6.73. The maximum atomic E-state index is 13.2. The van der Waals surface area contributed by atoms with Gasteiger partial charge in [0.15, 0.2) is 0 Å². The molecule has 7 heteroatoms. The van der Waals surface area contributed by atoms with E-state index < -0.39 is 10.7 Å². The van der Waals surface area contributed by atoms with Gasteiger partial charge in [0.05, 0.1) is 28.7 Å². The molecular weight excluding hydrogens is 319 g/mol. The van der Waals surface area contributed by atoms with E-state index in [4.69, 9.17) is 4.74 Å². The molecule has 0 amide bonds. The molecule has 0 saturated carbocycles.